The molecule has 0 aliphatic carbocycles. The van der Waals surface area contributed by atoms with Gasteiger partial charge in [-0.15, -0.1) is 0 Å². The van der Waals surface area contributed by atoms with Crippen LogP contribution in [0, 0.1) is 12.8 Å². The second-order valence-corrected chi connectivity index (χ2v) is 7.69. The van der Waals surface area contributed by atoms with Gasteiger partial charge in [0.2, 0.25) is 5.91 Å². The Morgan fingerprint density at radius 1 is 1.16 bits per heavy atom. The fraction of sp³-hybridized carbons (Fsp3) is 0.381. The summed E-state index contributed by atoms with van der Waals surface area (Å²) in [4.78, 5) is 28.8. The molecule has 0 saturated carbocycles. The normalized spacial score (nSPS) is 12.4. The number of hydrogen-bond acceptors (Lipinski definition) is 4. The largest absolute Gasteiger partial charge is 0.417 e. The number of halogens is 4. The lowest BCUT2D eigenvalue weighted by Gasteiger charge is -2.22. The second kappa shape index (κ2) is 10.5. The Morgan fingerprint density at radius 3 is 2.42 bits per heavy atom. The van der Waals surface area contributed by atoms with E-state index in [0.717, 1.165) is 11.6 Å². The number of aryl methyl sites for hydroxylation is 1. The Bertz CT molecular complexity index is 935. The molecule has 2 rings (SSSR count). The van der Waals surface area contributed by atoms with Crippen LogP contribution in [-0.2, 0) is 11.0 Å². The van der Waals surface area contributed by atoms with Crippen LogP contribution in [0.4, 0.5) is 19.0 Å². The van der Waals surface area contributed by atoms with Crippen molar-refractivity contribution in [3.8, 4) is 0 Å². The number of nitrogens with zero attached hydrogens (tertiary/aromatic N) is 1. The number of aromatic nitrogens is 1. The van der Waals surface area contributed by atoms with E-state index < -0.39 is 17.8 Å². The summed E-state index contributed by atoms with van der Waals surface area (Å²) in [5, 5.41) is 8.05. The maximum Gasteiger partial charge on any atom is 0.417 e. The molecule has 0 radical (unpaired) electrons. The molecule has 1 atom stereocenters. The van der Waals surface area contributed by atoms with Crippen LogP contribution < -0.4 is 16.0 Å². The number of carbonyl (C=O) groups is 2. The summed E-state index contributed by atoms with van der Waals surface area (Å²) in [6.45, 7) is 5.77. The van der Waals surface area contributed by atoms with Gasteiger partial charge in [-0.3, -0.25) is 9.59 Å². The van der Waals surface area contributed by atoms with Gasteiger partial charge in [0.05, 0.1) is 10.6 Å². The van der Waals surface area contributed by atoms with Crippen molar-refractivity contribution in [1.82, 2.24) is 15.6 Å². The van der Waals surface area contributed by atoms with Gasteiger partial charge in [0.1, 0.15) is 11.9 Å². The molecule has 0 fully saturated rings. The number of hydrogen-bond donors (Lipinski definition) is 3. The number of rotatable bonds is 8. The molecule has 1 unspecified atom stereocenters. The van der Waals surface area contributed by atoms with Crippen molar-refractivity contribution in [2.45, 2.75) is 33.0 Å². The number of alkyl halides is 3. The quantitative estimate of drug-likeness (QED) is 0.523. The number of benzene rings is 1. The smallest absolute Gasteiger partial charge is 0.367 e. The molecule has 0 aliphatic rings. The lowest BCUT2D eigenvalue weighted by molar-refractivity contribution is -0.137. The highest BCUT2D eigenvalue weighted by Crippen LogP contribution is 2.32. The minimum Gasteiger partial charge on any atom is -0.367 e. The summed E-state index contributed by atoms with van der Waals surface area (Å²) in [6.07, 6.45) is -3.85. The standard InChI is InChI=1S/C21H24ClF3N4O2/c1-12(2)17(29-19(30)15-7-5-4-6-13(15)3)20(31)27-9-8-26-18-16(22)10-14(11-28-18)21(23,24)25/h4-7,10-12,17H,8-9H2,1-3H3,(H,26,28)(H,27,31)(H,29,30). The molecule has 2 amide bonds. The van der Waals surface area contributed by atoms with Gasteiger partial charge in [-0.1, -0.05) is 43.6 Å². The van der Waals surface area contributed by atoms with Crippen molar-refractivity contribution < 1.29 is 22.8 Å². The van der Waals surface area contributed by atoms with E-state index in [0.29, 0.717) is 11.8 Å². The highest BCUT2D eigenvalue weighted by molar-refractivity contribution is 6.32. The third-order valence-electron chi connectivity index (χ3n) is 4.51. The zero-order valence-electron chi connectivity index (χ0n) is 17.3. The molecule has 0 saturated heterocycles. The van der Waals surface area contributed by atoms with Gasteiger partial charge in [0, 0.05) is 24.8 Å². The minimum atomic E-state index is -4.53. The molecule has 1 aromatic carbocycles. The molecule has 0 spiro atoms. The SMILES string of the molecule is Cc1ccccc1C(=O)NC(C(=O)NCCNc1ncc(C(F)(F)F)cc1Cl)C(C)C. The third kappa shape index (κ3) is 6.85. The summed E-state index contributed by atoms with van der Waals surface area (Å²) < 4.78 is 38.0. The van der Waals surface area contributed by atoms with Crippen molar-refractivity contribution >= 4 is 29.2 Å². The number of anilines is 1. The van der Waals surface area contributed by atoms with Crippen LogP contribution in [0.15, 0.2) is 36.5 Å². The van der Waals surface area contributed by atoms with Crippen molar-refractivity contribution in [2.75, 3.05) is 18.4 Å². The van der Waals surface area contributed by atoms with Crippen molar-refractivity contribution in [3.63, 3.8) is 0 Å². The van der Waals surface area contributed by atoms with Crippen molar-refractivity contribution in [2.24, 2.45) is 5.92 Å². The van der Waals surface area contributed by atoms with E-state index in [1.165, 1.54) is 0 Å². The van der Waals surface area contributed by atoms with Crippen LogP contribution in [0.3, 0.4) is 0 Å². The molecule has 31 heavy (non-hydrogen) atoms. The number of carbonyl (C=O) groups excluding carboxylic acids is 2. The average Bonchev–Trinajstić information content (AvgIpc) is 2.69. The van der Waals surface area contributed by atoms with E-state index in [4.69, 9.17) is 11.6 Å². The first-order valence-electron chi connectivity index (χ1n) is 9.61. The van der Waals surface area contributed by atoms with Gasteiger partial charge in [-0.2, -0.15) is 13.2 Å². The molecule has 1 heterocycles. The fourth-order valence-corrected chi connectivity index (χ4v) is 3.01. The van der Waals surface area contributed by atoms with Crippen LogP contribution in [0.25, 0.3) is 0 Å². The predicted molar refractivity (Wildman–Crippen MR) is 113 cm³/mol. The summed E-state index contributed by atoms with van der Waals surface area (Å²) in [5.74, 6) is -0.792. The molecule has 10 heteroatoms. The van der Waals surface area contributed by atoms with Gasteiger partial charge >= 0.3 is 6.18 Å². The Balaban J connectivity index is 1.90. The van der Waals surface area contributed by atoms with E-state index in [1.807, 2.05) is 32.9 Å². The maximum absolute atomic E-state index is 12.7. The highest BCUT2D eigenvalue weighted by Gasteiger charge is 2.31. The fourth-order valence-electron chi connectivity index (χ4n) is 2.78. The first kappa shape index (κ1) is 24.5. The van der Waals surface area contributed by atoms with Crippen LogP contribution in [0.2, 0.25) is 5.02 Å². The molecular formula is C21H24ClF3N4O2. The van der Waals surface area contributed by atoms with Gasteiger partial charge in [-0.05, 0) is 30.5 Å². The summed E-state index contributed by atoms with van der Waals surface area (Å²) in [6, 6.07) is 7.10. The molecule has 2 aromatic rings. The second-order valence-electron chi connectivity index (χ2n) is 7.28. The topological polar surface area (TPSA) is 83.1 Å². The first-order chi connectivity index (χ1) is 14.5. The minimum absolute atomic E-state index is 0.0807. The molecule has 6 nitrogen and oxygen atoms in total. The number of amides is 2. The first-order valence-corrected chi connectivity index (χ1v) is 9.99. The molecule has 0 bridgehead atoms. The Morgan fingerprint density at radius 2 is 1.84 bits per heavy atom. The third-order valence-corrected chi connectivity index (χ3v) is 4.80. The van der Waals surface area contributed by atoms with Crippen LogP contribution >= 0.6 is 11.6 Å². The number of nitrogens with one attached hydrogen (secondary N) is 3. The van der Waals surface area contributed by atoms with Gasteiger partial charge < -0.3 is 16.0 Å². The lowest BCUT2D eigenvalue weighted by atomic mass is 10.0. The number of pyridine rings is 1. The van der Waals surface area contributed by atoms with E-state index in [1.54, 1.807) is 12.1 Å². The van der Waals surface area contributed by atoms with Crippen LogP contribution in [0.1, 0.15) is 35.3 Å². The molecular weight excluding hydrogens is 433 g/mol. The van der Waals surface area contributed by atoms with E-state index in [9.17, 15) is 22.8 Å². The zero-order valence-corrected chi connectivity index (χ0v) is 18.1. The predicted octanol–water partition coefficient (Wildman–Crippen LogP) is 4.04. The van der Waals surface area contributed by atoms with Crippen molar-refractivity contribution in [3.05, 3.63) is 58.2 Å². The van der Waals surface area contributed by atoms with E-state index in [2.05, 4.69) is 20.9 Å². The zero-order chi connectivity index (χ0) is 23.2. The summed E-state index contributed by atoms with van der Waals surface area (Å²) in [7, 11) is 0. The maximum atomic E-state index is 12.7. The lowest BCUT2D eigenvalue weighted by Crippen LogP contribution is -2.50. The van der Waals surface area contributed by atoms with Gasteiger partial charge in [0.25, 0.3) is 5.91 Å². The van der Waals surface area contributed by atoms with Crippen LogP contribution in [-0.4, -0.2) is 35.9 Å². The van der Waals surface area contributed by atoms with Crippen LogP contribution in [0.5, 0.6) is 0 Å². The molecule has 0 aliphatic heterocycles. The molecule has 1 aromatic heterocycles. The Kier molecular flexibility index (Phi) is 8.27. The van der Waals surface area contributed by atoms with E-state index >= 15 is 0 Å². The monoisotopic (exact) mass is 456 g/mol. The molecule has 168 valence electrons. The summed E-state index contributed by atoms with van der Waals surface area (Å²) in [5.41, 5.74) is 0.346. The van der Waals surface area contributed by atoms with Gasteiger partial charge in [0.15, 0.2) is 0 Å². The van der Waals surface area contributed by atoms with E-state index in [-0.39, 0.29) is 41.7 Å². The highest BCUT2D eigenvalue weighted by atomic mass is 35.5. The summed E-state index contributed by atoms with van der Waals surface area (Å²) >= 11 is 5.84. The average molecular weight is 457 g/mol. The Hall–Kier alpha value is -2.81. The van der Waals surface area contributed by atoms with Crippen molar-refractivity contribution in [1.29, 1.82) is 0 Å². The Labute approximate surface area is 183 Å². The van der Waals surface area contributed by atoms with Gasteiger partial charge in [-0.25, -0.2) is 4.98 Å². The molecule has 3 N–H and O–H groups in total.